The molecule has 0 saturated carbocycles. The Morgan fingerprint density at radius 1 is 1.25 bits per heavy atom. The van der Waals surface area contributed by atoms with E-state index < -0.39 is 0 Å². The van der Waals surface area contributed by atoms with E-state index in [1.165, 1.54) is 5.56 Å². The maximum Gasteiger partial charge on any atom is 0.113 e. The van der Waals surface area contributed by atoms with E-state index in [0.717, 1.165) is 12.1 Å². The van der Waals surface area contributed by atoms with Crippen LogP contribution in [0.25, 0.3) is 0 Å². The van der Waals surface area contributed by atoms with Crippen LogP contribution in [0.15, 0.2) is 42.9 Å². The first-order valence-electron chi connectivity index (χ1n) is 5.06. The van der Waals surface area contributed by atoms with Crippen molar-refractivity contribution in [3.63, 3.8) is 0 Å². The van der Waals surface area contributed by atoms with Crippen molar-refractivity contribution < 1.29 is 0 Å². The molecule has 1 atom stereocenters. The van der Waals surface area contributed by atoms with Gasteiger partial charge in [0.25, 0.3) is 0 Å². The van der Waals surface area contributed by atoms with Gasteiger partial charge in [-0.25, -0.2) is 4.98 Å². The summed E-state index contributed by atoms with van der Waals surface area (Å²) in [6.07, 6.45) is 4.23. The maximum atomic E-state index is 6.33. The van der Waals surface area contributed by atoms with Gasteiger partial charge in [0, 0.05) is 12.6 Å². The highest BCUT2D eigenvalue weighted by molar-refractivity contribution is 6.19. The first-order valence-corrected chi connectivity index (χ1v) is 6.03. The van der Waals surface area contributed by atoms with E-state index in [0.29, 0.717) is 5.88 Å². The fourth-order valence-electron chi connectivity index (χ4n) is 1.59. The molecule has 1 heterocycles. The number of hydrogen-bond acceptors (Lipinski definition) is 1. The first kappa shape index (κ1) is 11.5. The molecule has 2 nitrogen and oxygen atoms in total. The Kier molecular flexibility index (Phi) is 3.86. The summed E-state index contributed by atoms with van der Waals surface area (Å²) in [6, 6.07) is 10.1. The van der Waals surface area contributed by atoms with E-state index in [-0.39, 0.29) is 5.50 Å². The zero-order valence-electron chi connectivity index (χ0n) is 8.68. The van der Waals surface area contributed by atoms with Crippen LogP contribution in [-0.4, -0.2) is 9.55 Å². The first-order chi connectivity index (χ1) is 7.81. The van der Waals surface area contributed by atoms with Crippen LogP contribution in [0.5, 0.6) is 0 Å². The van der Waals surface area contributed by atoms with E-state index in [2.05, 4.69) is 17.1 Å². The topological polar surface area (TPSA) is 17.8 Å². The summed E-state index contributed by atoms with van der Waals surface area (Å²) in [4.78, 5) is 4.05. The molecule has 0 bridgehead atoms. The van der Waals surface area contributed by atoms with Gasteiger partial charge >= 0.3 is 0 Å². The maximum absolute atomic E-state index is 6.33. The number of benzene rings is 1. The Balaban J connectivity index is 2.11. The minimum Gasteiger partial charge on any atom is -0.316 e. The Morgan fingerprint density at radius 3 is 2.69 bits per heavy atom. The Labute approximate surface area is 105 Å². The lowest BCUT2D eigenvalue weighted by Gasteiger charge is -2.13. The lowest BCUT2D eigenvalue weighted by molar-refractivity contribution is 0.644. The van der Waals surface area contributed by atoms with Crippen LogP contribution in [0.4, 0.5) is 0 Å². The summed E-state index contributed by atoms with van der Waals surface area (Å²) in [7, 11) is 0. The minimum absolute atomic E-state index is 0.140. The second-order valence-corrected chi connectivity index (χ2v) is 4.32. The second kappa shape index (κ2) is 5.37. The molecule has 0 amide bonds. The van der Waals surface area contributed by atoms with Gasteiger partial charge in [0.2, 0.25) is 0 Å². The fraction of sp³-hybridized carbons (Fsp3) is 0.250. The highest BCUT2D eigenvalue weighted by Gasteiger charge is 2.11. The molecule has 1 aromatic heterocycles. The predicted molar refractivity (Wildman–Crippen MR) is 66.8 cm³/mol. The number of rotatable bonds is 4. The molecule has 0 saturated heterocycles. The zero-order valence-corrected chi connectivity index (χ0v) is 10.2. The van der Waals surface area contributed by atoms with Gasteiger partial charge in [0.1, 0.15) is 5.50 Å². The zero-order chi connectivity index (χ0) is 11.4. The highest BCUT2D eigenvalue weighted by atomic mass is 35.5. The Hall–Kier alpha value is -0.990. The number of imidazole rings is 1. The highest BCUT2D eigenvalue weighted by Crippen LogP contribution is 2.21. The fourth-order valence-corrected chi connectivity index (χ4v) is 2.16. The normalized spacial score (nSPS) is 12.6. The van der Waals surface area contributed by atoms with Crippen LogP contribution in [0.3, 0.4) is 0 Å². The molecule has 0 N–H and O–H groups in total. The summed E-state index contributed by atoms with van der Waals surface area (Å²) in [6.45, 7) is 0. The summed E-state index contributed by atoms with van der Waals surface area (Å²) in [5, 5.41) is 0. The monoisotopic (exact) mass is 254 g/mol. The molecule has 2 rings (SSSR count). The molecule has 1 aromatic carbocycles. The van der Waals surface area contributed by atoms with Crippen LogP contribution >= 0.6 is 23.2 Å². The summed E-state index contributed by atoms with van der Waals surface area (Å²) < 4.78 is 1.90. The van der Waals surface area contributed by atoms with Crippen molar-refractivity contribution in [1.82, 2.24) is 9.55 Å². The molecule has 0 aliphatic carbocycles. The van der Waals surface area contributed by atoms with Crippen LogP contribution in [0.1, 0.15) is 16.8 Å². The smallest absolute Gasteiger partial charge is 0.113 e. The van der Waals surface area contributed by atoms with Gasteiger partial charge in [-0.2, -0.15) is 0 Å². The van der Waals surface area contributed by atoms with Gasteiger partial charge < -0.3 is 4.57 Å². The van der Waals surface area contributed by atoms with Gasteiger partial charge in [0.05, 0.1) is 17.9 Å². The van der Waals surface area contributed by atoms with Gasteiger partial charge in [0.15, 0.2) is 0 Å². The van der Waals surface area contributed by atoms with Crippen molar-refractivity contribution in [3.05, 3.63) is 54.1 Å². The van der Waals surface area contributed by atoms with Crippen molar-refractivity contribution >= 4 is 23.2 Å². The lowest BCUT2D eigenvalue weighted by Crippen LogP contribution is -2.07. The van der Waals surface area contributed by atoms with E-state index >= 15 is 0 Å². The predicted octanol–water partition coefficient (Wildman–Crippen LogP) is 3.60. The summed E-state index contributed by atoms with van der Waals surface area (Å²) >= 11 is 12.1. The van der Waals surface area contributed by atoms with Crippen LogP contribution in [0.2, 0.25) is 0 Å². The van der Waals surface area contributed by atoms with E-state index in [1.807, 2.05) is 22.8 Å². The largest absolute Gasteiger partial charge is 0.316 e. The Bertz CT molecular complexity index is 439. The van der Waals surface area contributed by atoms with Gasteiger partial charge in [-0.1, -0.05) is 41.9 Å². The molecular formula is C12H12Cl2N2. The molecule has 0 fully saturated rings. The lowest BCUT2D eigenvalue weighted by atomic mass is 10.1. The van der Waals surface area contributed by atoms with Crippen molar-refractivity contribution in [1.29, 1.82) is 0 Å². The third-order valence-corrected chi connectivity index (χ3v) is 3.07. The molecule has 0 spiro atoms. The standard InChI is InChI=1S/C12H12Cl2N2/c13-7-11-8-15-9-16(11)12(14)6-10-4-2-1-3-5-10/h1-5,8-9,12H,6-7H2. The molecule has 0 radical (unpaired) electrons. The van der Waals surface area contributed by atoms with Crippen molar-refractivity contribution in [2.45, 2.75) is 17.8 Å². The quantitative estimate of drug-likeness (QED) is 0.763. The van der Waals surface area contributed by atoms with Crippen LogP contribution in [0, 0.1) is 0 Å². The summed E-state index contributed by atoms with van der Waals surface area (Å²) in [5.41, 5.74) is 2.01. The average Bonchev–Trinajstić information content (AvgIpc) is 2.78. The number of halogens is 2. The van der Waals surface area contributed by atoms with Crippen molar-refractivity contribution in [3.8, 4) is 0 Å². The second-order valence-electron chi connectivity index (χ2n) is 3.55. The van der Waals surface area contributed by atoms with Crippen LogP contribution in [-0.2, 0) is 12.3 Å². The molecule has 0 aliphatic heterocycles. The van der Waals surface area contributed by atoms with Crippen molar-refractivity contribution in [2.24, 2.45) is 0 Å². The number of alkyl halides is 2. The SMILES string of the molecule is ClCc1cncn1C(Cl)Cc1ccccc1. The van der Waals surface area contributed by atoms with Gasteiger partial charge in [-0.3, -0.25) is 0 Å². The Morgan fingerprint density at radius 2 is 2.00 bits per heavy atom. The molecule has 4 heteroatoms. The molecule has 1 unspecified atom stereocenters. The van der Waals surface area contributed by atoms with Gasteiger partial charge in [-0.15, -0.1) is 11.6 Å². The van der Waals surface area contributed by atoms with Crippen LogP contribution < -0.4 is 0 Å². The average molecular weight is 255 g/mol. The van der Waals surface area contributed by atoms with E-state index in [4.69, 9.17) is 23.2 Å². The molecule has 2 aromatic rings. The minimum atomic E-state index is -0.140. The van der Waals surface area contributed by atoms with E-state index in [1.54, 1.807) is 12.5 Å². The number of hydrogen-bond donors (Lipinski definition) is 0. The third kappa shape index (κ3) is 2.57. The molecule has 16 heavy (non-hydrogen) atoms. The van der Waals surface area contributed by atoms with Gasteiger partial charge in [-0.05, 0) is 5.56 Å². The third-order valence-electron chi connectivity index (χ3n) is 2.43. The number of nitrogens with zero attached hydrogens (tertiary/aromatic N) is 2. The summed E-state index contributed by atoms with van der Waals surface area (Å²) in [5.74, 6) is 0.429. The van der Waals surface area contributed by atoms with Crippen molar-refractivity contribution in [2.75, 3.05) is 0 Å². The molecule has 0 aliphatic rings. The molecule has 84 valence electrons. The number of aromatic nitrogens is 2. The van der Waals surface area contributed by atoms with E-state index in [9.17, 15) is 0 Å². The molecular weight excluding hydrogens is 243 g/mol.